The molecule has 2 heterocycles. The predicted octanol–water partition coefficient (Wildman–Crippen LogP) is 3.64. The van der Waals surface area contributed by atoms with Gasteiger partial charge in [-0.1, -0.05) is 6.08 Å². The highest BCUT2D eigenvalue weighted by Crippen LogP contribution is 2.35. The van der Waals surface area contributed by atoms with E-state index in [2.05, 4.69) is 53.9 Å². The molecule has 2 aromatic carbocycles. The van der Waals surface area contributed by atoms with Gasteiger partial charge in [0, 0.05) is 49.3 Å². The Balaban J connectivity index is 1.63. The van der Waals surface area contributed by atoms with E-state index >= 15 is 0 Å². The Kier molecular flexibility index (Phi) is 4.71. The van der Waals surface area contributed by atoms with Gasteiger partial charge in [-0.25, -0.2) is 0 Å². The summed E-state index contributed by atoms with van der Waals surface area (Å²) in [6.07, 6.45) is 3.41. The van der Waals surface area contributed by atoms with Crippen molar-refractivity contribution in [3.05, 3.63) is 48.0 Å². The quantitative estimate of drug-likeness (QED) is 0.880. The lowest BCUT2D eigenvalue weighted by molar-refractivity contribution is 0.171. The maximum atomic E-state index is 5.68. The van der Waals surface area contributed by atoms with E-state index in [4.69, 9.17) is 9.47 Å². The van der Waals surface area contributed by atoms with Gasteiger partial charge < -0.3 is 25.0 Å². The van der Waals surface area contributed by atoms with E-state index < -0.39 is 0 Å². The summed E-state index contributed by atoms with van der Waals surface area (Å²) >= 11 is 0. The molecule has 5 heteroatoms. The Labute approximate surface area is 154 Å². The molecule has 0 spiro atoms. The molecule has 5 nitrogen and oxygen atoms in total. The second-order valence-corrected chi connectivity index (χ2v) is 6.80. The van der Waals surface area contributed by atoms with Crippen molar-refractivity contribution in [1.82, 2.24) is 5.32 Å². The standard InChI is InChI=1S/C21H25N3O2/c1-24(2)19-7-5-16(12-18(19)15-4-3-9-22-14-15)23-17-6-8-20-21(13-17)26-11-10-25-20/h4-8,12-13,22-23H,3,9-11,14H2,1-2H3. The summed E-state index contributed by atoms with van der Waals surface area (Å²) in [5.41, 5.74) is 5.91. The van der Waals surface area contributed by atoms with E-state index in [0.29, 0.717) is 13.2 Å². The molecule has 0 fully saturated rings. The fourth-order valence-corrected chi connectivity index (χ4v) is 3.40. The van der Waals surface area contributed by atoms with Gasteiger partial charge in [-0.2, -0.15) is 0 Å². The molecule has 2 aliphatic rings. The minimum Gasteiger partial charge on any atom is -0.486 e. The highest BCUT2D eigenvalue weighted by atomic mass is 16.6. The lowest BCUT2D eigenvalue weighted by Gasteiger charge is -2.23. The van der Waals surface area contributed by atoms with Gasteiger partial charge in [-0.05, 0) is 48.9 Å². The van der Waals surface area contributed by atoms with Crippen LogP contribution in [0.25, 0.3) is 5.57 Å². The zero-order valence-corrected chi connectivity index (χ0v) is 15.3. The Hall–Kier alpha value is -2.66. The number of anilines is 3. The normalized spacial score (nSPS) is 16.0. The molecule has 0 radical (unpaired) electrons. The van der Waals surface area contributed by atoms with Gasteiger partial charge in [0.15, 0.2) is 11.5 Å². The molecule has 0 aliphatic carbocycles. The SMILES string of the molecule is CN(C)c1ccc(Nc2ccc3c(c2)OCCO3)cc1C1=CCCNC1. The molecule has 136 valence electrons. The van der Waals surface area contributed by atoms with Gasteiger partial charge in [-0.3, -0.25) is 0 Å². The molecule has 2 aromatic rings. The molecule has 0 saturated carbocycles. The van der Waals surface area contributed by atoms with Crippen LogP contribution in [0.1, 0.15) is 12.0 Å². The average Bonchev–Trinajstić information content (AvgIpc) is 2.68. The van der Waals surface area contributed by atoms with Gasteiger partial charge in [0.25, 0.3) is 0 Å². The third kappa shape index (κ3) is 3.48. The number of benzene rings is 2. The van der Waals surface area contributed by atoms with Crippen LogP contribution in [0, 0.1) is 0 Å². The minimum absolute atomic E-state index is 0.597. The van der Waals surface area contributed by atoms with Crippen LogP contribution in [-0.4, -0.2) is 40.4 Å². The van der Waals surface area contributed by atoms with E-state index in [1.807, 2.05) is 18.2 Å². The fraction of sp³-hybridized carbons (Fsp3) is 0.333. The number of rotatable bonds is 4. The summed E-state index contributed by atoms with van der Waals surface area (Å²) in [7, 11) is 4.17. The second-order valence-electron chi connectivity index (χ2n) is 6.80. The number of nitrogens with zero attached hydrogens (tertiary/aromatic N) is 1. The van der Waals surface area contributed by atoms with Crippen molar-refractivity contribution >= 4 is 22.6 Å². The van der Waals surface area contributed by atoms with Crippen LogP contribution in [0.5, 0.6) is 11.5 Å². The number of hydrogen-bond donors (Lipinski definition) is 2. The summed E-state index contributed by atoms with van der Waals surface area (Å²) < 4.78 is 11.3. The lowest BCUT2D eigenvalue weighted by Crippen LogP contribution is -2.22. The van der Waals surface area contributed by atoms with Crippen molar-refractivity contribution in [3.8, 4) is 11.5 Å². The fourth-order valence-electron chi connectivity index (χ4n) is 3.40. The molecule has 2 aliphatic heterocycles. The number of fused-ring (bicyclic) bond motifs is 1. The zero-order valence-electron chi connectivity index (χ0n) is 15.3. The summed E-state index contributed by atoms with van der Waals surface area (Å²) in [5.74, 6) is 1.61. The minimum atomic E-state index is 0.597. The first-order valence-corrected chi connectivity index (χ1v) is 9.09. The molecule has 0 amide bonds. The van der Waals surface area contributed by atoms with E-state index in [1.165, 1.54) is 16.8 Å². The summed E-state index contributed by atoms with van der Waals surface area (Å²) in [6, 6.07) is 12.5. The van der Waals surface area contributed by atoms with E-state index in [9.17, 15) is 0 Å². The molecule has 26 heavy (non-hydrogen) atoms. The van der Waals surface area contributed by atoms with Crippen molar-refractivity contribution in [3.63, 3.8) is 0 Å². The van der Waals surface area contributed by atoms with Gasteiger partial charge in [0.05, 0.1) is 0 Å². The van der Waals surface area contributed by atoms with Crippen LogP contribution < -0.4 is 25.0 Å². The molecule has 0 saturated heterocycles. The molecule has 0 aromatic heterocycles. The first-order valence-electron chi connectivity index (χ1n) is 9.09. The topological polar surface area (TPSA) is 45.8 Å². The number of ether oxygens (including phenoxy) is 2. The number of nitrogens with one attached hydrogen (secondary N) is 2. The van der Waals surface area contributed by atoms with E-state index in [0.717, 1.165) is 42.4 Å². The summed E-state index contributed by atoms with van der Waals surface area (Å²) in [5, 5.41) is 6.96. The van der Waals surface area contributed by atoms with Crippen molar-refractivity contribution in [2.24, 2.45) is 0 Å². The van der Waals surface area contributed by atoms with E-state index in [-0.39, 0.29) is 0 Å². The summed E-state index contributed by atoms with van der Waals surface area (Å²) in [4.78, 5) is 2.17. The van der Waals surface area contributed by atoms with Crippen LogP contribution in [0.4, 0.5) is 17.1 Å². The Bertz CT molecular complexity index is 830. The Morgan fingerprint density at radius 1 is 0.962 bits per heavy atom. The molecule has 2 N–H and O–H groups in total. The largest absolute Gasteiger partial charge is 0.486 e. The first-order chi connectivity index (χ1) is 12.7. The molecule has 4 rings (SSSR count). The van der Waals surface area contributed by atoms with Crippen LogP contribution in [0.3, 0.4) is 0 Å². The summed E-state index contributed by atoms with van der Waals surface area (Å²) in [6.45, 7) is 3.17. The number of hydrogen-bond acceptors (Lipinski definition) is 5. The smallest absolute Gasteiger partial charge is 0.163 e. The Morgan fingerprint density at radius 2 is 1.73 bits per heavy atom. The molecular weight excluding hydrogens is 326 g/mol. The molecular formula is C21H25N3O2. The van der Waals surface area contributed by atoms with Gasteiger partial charge in [0.1, 0.15) is 13.2 Å². The van der Waals surface area contributed by atoms with Gasteiger partial charge >= 0.3 is 0 Å². The lowest BCUT2D eigenvalue weighted by atomic mass is 9.99. The maximum absolute atomic E-state index is 5.68. The highest BCUT2D eigenvalue weighted by Gasteiger charge is 2.14. The van der Waals surface area contributed by atoms with Crippen LogP contribution >= 0.6 is 0 Å². The first kappa shape index (κ1) is 16.8. The maximum Gasteiger partial charge on any atom is 0.163 e. The zero-order chi connectivity index (χ0) is 17.9. The van der Waals surface area contributed by atoms with Crippen LogP contribution in [-0.2, 0) is 0 Å². The van der Waals surface area contributed by atoms with Crippen molar-refractivity contribution in [2.75, 3.05) is 50.6 Å². The molecule has 0 unspecified atom stereocenters. The van der Waals surface area contributed by atoms with Crippen molar-refractivity contribution in [2.45, 2.75) is 6.42 Å². The molecule has 0 atom stereocenters. The van der Waals surface area contributed by atoms with Gasteiger partial charge in [0.2, 0.25) is 0 Å². The highest BCUT2D eigenvalue weighted by molar-refractivity contribution is 5.81. The van der Waals surface area contributed by atoms with E-state index in [1.54, 1.807) is 0 Å². The molecule has 0 bridgehead atoms. The Morgan fingerprint density at radius 3 is 2.50 bits per heavy atom. The third-order valence-corrected chi connectivity index (χ3v) is 4.68. The van der Waals surface area contributed by atoms with Crippen LogP contribution in [0.2, 0.25) is 0 Å². The predicted molar refractivity (Wildman–Crippen MR) is 107 cm³/mol. The van der Waals surface area contributed by atoms with Gasteiger partial charge in [-0.15, -0.1) is 0 Å². The third-order valence-electron chi connectivity index (χ3n) is 4.68. The second kappa shape index (κ2) is 7.30. The van der Waals surface area contributed by atoms with Crippen molar-refractivity contribution < 1.29 is 9.47 Å². The van der Waals surface area contributed by atoms with Crippen LogP contribution in [0.15, 0.2) is 42.5 Å². The monoisotopic (exact) mass is 351 g/mol. The average molecular weight is 351 g/mol. The van der Waals surface area contributed by atoms with Crippen molar-refractivity contribution in [1.29, 1.82) is 0 Å².